The van der Waals surface area contributed by atoms with Gasteiger partial charge in [0.15, 0.2) is 0 Å². The van der Waals surface area contributed by atoms with Gasteiger partial charge in [0, 0.05) is 23.6 Å². The van der Waals surface area contributed by atoms with Crippen LogP contribution < -0.4 is 11.1 Å². The van der Waals surface area contributed by atoms with Gasteiger partial charge < -0.3 is 11.1 Å². The number of amides is 1. The highest BCUT2D eigenvalue weighted by molar-refractivity contribution is 7.99. The Morgan fingerprint density at radius 2 is 2.05 bits per heavy atom. The summed E-state index contributed by atoms with van der Waals surface area (Å²) in [6.07, 6.45) is 4.58. The second-order valence-electron chi connectivity index (χ2n) is 5.27. The lowest BCUT2D eigenvalue weighted by atomic mass is 9.98. The van der Waals surface area contributed by atoms with Crippen molar-refractivity contribution in [2.45, 2.75) is 42.5 Å². The zero-order chi connectivity index (χ0) is 14.4. The maximum atomic E-state index is 13.4. The van der Waals surface area contributed by atoms with Crippen molar-refractivity contribution in [2.75, 3.05) is 12.3 Å². The van der Waals surface area contributed by atoms with E-state index in [1.165, 1.54) is 17.8 Å². The molecule has 3 nitrogen and oxygen atoms in total. The van der Waals surface area contributed by atoms with Crippen LogP contribution in [0.3, 0.4) is 0 Å². The first-order chi connectivity index (χ1) is 9.65. The van der Waals surface area contributed by atoms with Crippen LogP contribution in [0.4, 0.5) is 4.39 Å². The summed E-state index contributed by atoms with van der Waals surface area (Å²) in [6.45, 7) is 0.499. The van der Waals surface area contributed by atoms with E-state index in [0.29, 0.717) is 23.6 Å². The molecule has 1 aromatic carbocycles. The van der Waals surface area contributed by atoms with Crippen molar-refractivity contribution in [3.05, 3.63) is 30.1 Å². The van der Waals surface area contributed by atoms with Gasteiger partial charge in [-0.25, -0.2) is 4.39 Å². The van der Waals surface area contributed by atoms with Crippen LogP contribution in [0.25, 0.3) is 0 Å². The Morgan fingerprint density at radius 3 is 2.70 bits per heavy atom. The van der Waals surface area contributed by atoms with Gasteiger partial charge in [-0.15, -0.1) is 11.8 Å². The molecule has 0 spiro atoms. The van der Waals surface area contributed by atoms with Crippen LogP contribution in [0.5, 0.6) is 0 Å². The summed E-state index contributed by atoms with van der Waals surface area (Å²) < 4.78 is 13.4. The lowest BCUT2D eigenvalue weighted by Crippen LogP contribution is -2.51. The monoisotopic (exact) mass is 296 g/mol. The van der Waals surface area contributed by atoms with Crippen LogP contribution >= 0.6 is 11.8 Å². The Bertz CT molecular complexity index is 461. The summed E-state index contributed by atoms with van der Waals surface area (Å²) in [5.74, 6) is 0.362. The van der Waals surface area contributed by atoms with Crippen molar-refractivity contribution < 1.29 is 9.18 Å². The molecule has 3 N–H and O–H groups in total. The molecule has 5 heteroatoms. The molecule has 20 heavy (non-hydrogen) atoms. The van der Waals surface area contributed by atoms with Crippen LogP contribution in [0.15, 0.2) is 29.2 Å². The standard InChI is InChI=1S/C15H21FN2OS/c16-12-5-1-2-6-13(12)20-10-7-14(19)18-15(11-17)8-3-4-9-15/h1-2,5-6H,3-4,7-11,17H2,(H,18,19). The Kier molecular flexibility index (Phi) is 5.43. The molecule has 0 aromatic heterocycles. The first-order valence-electron chi connectivity index (χ1n) is 7.04. The molecule has 1 saturated carbocycles. The van der Waals surface area contributed by atoms with E-state index in [9.17, 15) is 9.18 Å². The van der Waals surface area contributed by atoms with Gasteiger partial charge in [0.05, 0.1) is 5.54 Å². The summed E-state index contributed by atoms with van der Waals surface area (Å²) in [7, 11) is 0. The highest BCUT2D eigenvalue weighted by atomic mass is 32.2. The van der Waals surface area contributed by atoms with Gasteiger partial charge >= 0.3 is 0 Å². The Labute approximate surface area is 123 Å². The van der Waals surface area contributed by atoms with E-state index in [4.69, 9.17) is 5.73 Å². The first kappa shape index (κ1) is 15.3. The Hall–Kier alpha value is -1.07. The number of nitrogens with one attached hydrogen (secondary N) is 1. The average Bonchev–Trinajstić information content (AvgIpc) is 2.90. The zero-order valence-electron chi connectivity index (χ0n) is 11.5. The van der Waals surface area contributed by atoms with Gasteiger partial charge in [-0.2, -0.15) is 0 Å². The van der Waals surface area contributed by atoms with Crippen molar-refractivity contribution in [1.82, 2.24) is 5.32 Å². The van der Waals surface area contributed by atoms with Crippen molar-refractivity contribution in [3.8, 4) is 0 Å². The third-order valence-corrected chi connectivity index (χ3v) is 4.83. The molecule has 0 unspecified atom stereocenters. The normalized spacial score (nSPS) is 17.1. The van der Waals surface area contributed by atoms with Crippen LogP contribution in [0.1, 0.15) is 32.1 Å². The van der Waals surface area contributed by atoms with Crippen molar-refractivity contribution in [3.63, 3.8) is 0 Å². The number of carbonyl (C=O) groups excluding carboxylic acids is 1. The van der Waals surface area contributed by atoms with Crippen LogP contribution in [-0.4, -0.2) is 23.7 Å². The summed E-state index contributed by atoms with van der Waals surface area (Å²) >= 11 is 1.37. The minimum absolute atomic E-state index is 0.0150. The molecule has 110 valence electrons. The maximum absolute atomic E-state index is 13.4. The molecular formula is C15H21FN2OS. The lowest BCUT2D eigenvalue weighted by molar-refractivity contribution is -0.122. The number of rotatable bonds is 6. The molecule has 0 radical (unpaired) electrons. The lowest BCUT2D eigenvalue weighted by Gasteiger charge is -2.28. The maximum Gasteiger partial charge on any atom is 0.221 e. The molecule has 0 saturated heterocycles. The SMILES string of the molecule is NCC1(NC(=O)CCSc2ccccc2F)CCCC1. The van der Waals surface area contributed by atoms with Gasteiger partial charge in [0.25, 0.3) is 0 Å². The minimum atomic E-state index is -0.230. The van der Waals surface area contributed by atoms with E-state index < -0.39 is 0 Å². The van der Waals surface area contributed by atoms with Gasteiger partial charge in [-0.3, -0.25) is 4.79 Å². The van der Waals surface area contributed by atoms with E-state index in [0.717, 1.165) is 25.7 Å². The second-order valence-corrected chi connectivity index (χ2v) is 6.41. The fourth-order valence-corrected chi connectivity index (χ4v) is 3.49. The topological polar surface area (TPSA) is 55.1 Å². The van der Waals surface area contributed by atoms with E-state index in [1.807, 2.05) is 0 Å². The van der Waals surface area contributed by atoms with Gasteiger partial charge in [0.1, 0.15) is 5.82 Å². The molecule has 1 aromatic rings. The fourth-order valence-electron chi connectivity index (χ4n) is 2.61. The van der Waals surface area contributed by atoms with Crippen LogP contribution in [0.2, 0.25) is 0 Å². The molecule has 0 heterocycles. The number of benzene rings is 1. The molecule has 1 aliphatic rings. The molecular weight excluding hydrogens is 275 g/mol. The van der Waals surface area contributed by atoms with Crippen LogP contribution in [-0.2, 0) is 4.79 Å². The smallest absolute Gasteiger partial charge is 0.221 e. The highest BCUT2D eigenvalue weighted by Crippen LogP contribution is 2.29. The number of nitrogens with two attached hydrogens (primary N) is 1. The predicted molar refractivity (Wildman–Crippen MR) is 80.1 cm³/mol. The quantitative estimate of drug-likeness (QED) is 0.794. The molecule has 0 atom stereocenters. The third-order valence-electron chi connectivity index (χ3n) is 3.78. The Morgan fingerprint density at radius 1 is 1.35 bits per heavy atom. The number of thioether (sulfide) groups is 1. The number of halogens is 1. The second kappa shape index (κ2) is 7.09. The molecule has 2 rings (SSSR count). The number of hydrogen-bond donors (Lipinski definition) is 2. The van der Waals surface area contributed by atoms with Gasteiger partial charge in [-0.1, -0.05) is 25.0 Å². The summed E-state index contributed by atoms with van der Waals surface area (Å²) in [5, 5.41) is 3.07. The number of carbonyl (C=O) groups is 1. The van der Waals surface area contributed by atoms with Gasteiger partial charge in [0.2, 0.25) is 5.91 Å². The van der Waals surface area contributed by atoms with Crippen LogP contribution in [0, 0.1) is 5.82 Å². The first-order valence-corrected chi connectivity index (χ1v) is 8.02. The summed E-state index contributed by atoms with van der Waals surface area (Å²) in [6, 6.07) is 6.63. The van der Waals surface area contributed by atoms with E-state index in [-0.39, 0.29) is 17.3 Å². The largest absolute Gasteiger partial charge is 0.349 e. The minimum Gasteiger partial charge on any atom is -0.349 e. The fraction of sp³-hybridized carbons (Fsp3) is 0.533. The van der Waals surface area contributed by atoms with E-state index in [2.05, 4.69) is 5.32 Å². The Balaban J connectivity index is 1.77. The molecule has 1 aliphatic carbocycles. The van der Waals surface area contributed by atoms with Gasteiger partial charge in [-0.05, 0) is 25.0 Å². The molecule has 1 amide bonds. The molecule has 0 aliphatic heterocycles. The van der Waals surface area contributed by atoms with Crippen molar-refractivity contribution in [2.24, 2.45) is 5.73 Å². The average molecular weight is 296 g/mol. The van der Waals surface area contributed by atoms with E-state index >= 15 is 0 Å². The van der Waals surface area contributed by atoms with Crippen molar-refractivity contribution in [1.29, 1.82) is 0 Å². The third kappa shape index (κ3) is 3.96. The highest BCUT2D eigenvalue weighted by Gasteiger charge is 2.33. The zero-order valence-corrected chi connectivity index (χ0v) is 12.3. The molecule has 1 fully saturated rings. The van der Waals surface area contributed by atoms with Crippen molar-refractivity contribution >= 4 is 17.7 Å². The molecule has 0 bridgehead atoms. The summed E-state index contributed by atoms with van der Waals surface area (Å²) in [5.41, 5.74) is 5.59. The number of hydrogen-bond acceptors (Lipinski definition) is 3. The predicted octanol–water partition coefficient (Wildman–Crippen LogP) is 2.70. The van der Waals surface area contributed by atoms with E-state index in [1.54, 1.807) is 18.2 Å². The summed E-state index contributed by atoms with van der Waals surface area (Å²) in [4.78, 5) is 12.6.